The summed E-state index contributed by atoms with van der Waals surface area (Å²) in [6.45, 7) is 11.6. The van der Waals surface area contributed by atoms with Crippen LogP contribution < -0.4 is 20.3 Å². The molecule has 6 heterocycles. The van der Waals surface area contributed by atoms with E-state index in [2.05, 4.69) is 24.9 Å². The number of piperazine rings is 1. The third kappa shape index (κ3) is 6.75. The Labute approximate surface area is 363 Å². The van der Waals surface area contributed by atoms with Crippen molar-refractivity contribution >= 4 is 52.6 Å². The number of likely N-dealkylation sites (tertiary alicyclic amines) is 2. The fraction of sp³-hybridized carbons (Fsp3) is 0.511. The number of piperidine rings is 2. The van der Waals surface area contributed by atoms with Crippen molar-refractivity contribution < 1.29 is 33.1 Å². The van der Waals surface area contributed by atoms with E-state index in [0.717, 1.165) is 75.2 Å². The fourth-order valence-corrected chi connectivity index (χ4v) is 12.0. The molecule has 6 aliphatic rings. The number of aromatic nitrogens is 2. The van der Waals surface area contributed by atoms with Crippen LogP contribution in [-0.4, -0.2) is 117 Å². The topological polar surface area (TPSA) is 186 Å². The number of hydrogen-bond donors (Lipinski definition) is 1. The average molecular weight is 866 g/mol. The lowest BCUT2D eigenvalue weighted by atomic mass is 9.48. The Balaban J connectivity index is 0.866. The van der Waals surface area contributed by atoms with Gasteiger partial charge in [-0.25, -0.2) is 4.39 Å². The van der Waals surface area contributed by atoms with Crippen molar-refractivity contribution in [1.29, 1.82) is 5.26 Å². The van der Waals surface area contributed by atoms with E-state index in [1.165, 1.54) is 11.0 Å². The molecule has 0 spiro atoms. The van der Waals surface area contributed by atoms with E-state index in [1.807, 2.05) is 33.8 Å². The quantitative estimate of drug-likeness (QED) is 0.290. The van der Waals surface area contributed by atoms with Gasteiger partial charge >= 0.3 is 0 Å². The van der Waals surface area contributed by atoms with Crippen LogP contribution in [0.15, 0.2) is 42.5 Å². The summed E-state index contributed by atoms with van der Waals surface area (Å²) in [4.78, 5) is 76.6. The van der Waals surface area contributed by atoms with Gasteiger partial charge in [-0.2, -0.15) is 5.26 Å². The van der Waals surface area contributed by atoms with Gasteiger partial charge in [0.05, 0.1) is 33.4 Å². The van der Waals surface area contributed by atoms with Gasteiger partial charge in [-0.1, -0.05) is 39.3 Å². The minimum absolute atomic E-state index is 0.0270. The predicted molar refractivity (Wildman–Crippen MR) is 225 cm³/mol. The number of nitrogens with two attached hydrogens (primary N) is 1. The molecule has 3 atom stereocenters. The number of rotatable bonds is 9. The Morgan fingerprint density at radius 3 is 2.16 bits per heavy atom. The van der Waals surface area contributed by atoms with Crippen molar-refractivity contribution in [3.05, 3.63) is 75.7 Å². The summed E-state index contributed by atoms with van der Waals surface area (Å²) in [5.74, 6) is -2.02. The van der Waals surface area contributed by atoms with Crippen molar-refractivity contribution in [3.8, 4) is 11.8 Å². The number of ether oxygens (including phenoxy) is 1. The number of benzene rings is 2. The van der Waals surface area contributed by atoms with Crippen LogP contribution in [0.25, 0.3) is 0 Å². The average Bonchev–Trinajstić information content (AvgIpc) is 3.63. The molecule has 62 heavy (non-hydrogen) atoms. The molecule has 17 heteroatoms. The summed E-state index contributed by atoms with van der Waals surface area (Å²) >= 11 is 6.28. The highest BCUT2D eigenvalue weighted by Gasteiger charge is 2.68. The molecule has 15 nitrogen and oxygen atoms in total. The highest BCUT2D eigenvalue weighted by atomic mass is 35.5. The monoisotopic (exact) mass is 865 g/mol. The number of imide groups is 2. The molecule has 4 saturated heterocycles. The molecule has 3 aromatic rings. The van der Waals surface area contributed by atoms with E-state index >= 15 is 4.39 Å². The molecule has 1 aromatic heterocycles. The molecule has 2 aromatic carbocycles. The molecular weight excluding hydrogens is 817 g/mol. The lowest BCUT2D eigenvalue weighted by Crippen LogP contribution is -2.77. The molecule has 2 bridgehead atoms. The Morgan fingerprint density at radius 1 is 0.903 bits per heavy atom. The van der Waals surface area contributed by atoms with E-state index in [0.29, 0.717) is 17.2 Å². The standard InChI is InChI=1S/C45H49ClFN9O6/c1-44(2)42(45(3,4)43(44)62-28-8-5-25(20-48)31(46)17-28)56-37(57)12-10-34(41(56)61)55-39(59)29-18-32(47)35(19-30(29)40(55)60)54-26-6-7-27(54)23-52(22-26)21-24-13-15-53(16-14-24)36-11-9-33(38(49)58)50-51-36/h5,8-9,11,17-19,24,26-27,34,42-43H,6-7,10,12-16,21-23H2,1-4H3,(H2,49,58)/t26-,27-,34-,42?,43?/m1/s1. The van der Waals surface area contributed by atoms with Gasteiger partial charge in [0.15, 0.2) is 11.5 Å². The molecule has 0 radical (unpaired) electrons. The number of halogens is 2. The van der Waals surface area contributed by atoms with Crippen LogP contribution in [0.2, 0.25) is 5.02 Å². The molecule has 0 unspecified atom stereocenters. The second-order valence-electron chi connectivity index (χ2n) is 18.9. The van der Waals surface area contributed by atoms with E-state index in [4.69, 9.17) is 22.1 Å². The number of hydrogen-bond acceptors (Lipinski definition) is 12. The van der Waals surface area contributed by atoms with Gasteiger partial charge in [0, 0.05) is 68.1 Å². The minimum atomic E-state index is -1.24. The van der Waals surface area contributed by atoms with Crippen LogP contribution in [0.5, 0.6) is 5.75 Å². The van der Waals surface area contributed by atoms with E-state index in [-0.39, 0.29) is 52.5 Å². The van der Waals surface area contributed by atoms with Gasteiger partial charge in [0.2, 0.25) is 5.91 Å². The maximum atomic E-state index is 16.2. The normalized spacial score (nSPS) is 27.0. The van der Waals surface area contributed by atoms with Crippen LogP contribution in [-0.2, 0) is 9.59 Å². The van der Waals surface area contributed by atoms with Crippen LogP contribution in [0.1, 0.15) is 103 Å². The zero-order chi connectivity index (χ0) is 44.0. The first-order valence-corrected chi connectivity index (χ1v) is 21.7. The Hall–Kier alpha value is -5.66. The molecule has 1 saturated carbocycles. The Kier molecular flexibility index (Phi) is 10.3. The van der Waals surface area contributed by atoms with Crippen molar-refractivity contribution in [2.75, 3.05) is 42.5 Å². The highest BCUT2D eigenvalue weighted by Crippen LogP contribution is 2.59. The van der Waals surface area contributed by atoms with Crippen LogP contribution in [0, 0.1) is 33.9 Å². The largest absolute Gasteiger partial charge is 0.489 e. The minimum Gasteiger partial charge on any atom is -0.489 e. The van der Waals surface area contributed by atoms with Crippen LogP contribution in [0.3, 0.4) is 0 Å². The molecular formula is C45H49ClFN9O6. The predicted octanol–water partition coefficient (Wildman–Crippen LogP) is 4.81. The van der Waals surface area contributed by atoms with Gasteiger partial charge < -0.3 is 20.3 Å². The van der Waals surface area contributed by atoms with Gasteiger partial charge in [0.1, 0.15) is 29.8 Å². The number of carbonyl (C=O) groups excluding carboxylic acids is 5. The SMILES string of the molecule is CC1(C)C(Oc2ccc(C#N)c(Cl)c2)C(C)(C)C1N1C(=O)CC[C@@H](N2C(=O)c3cc(F)c(N4[C@@H]5CC[C@@H]4CN(CC4CCN(c6ccc(C(N)=O)nn6)CC4)C5)cc3C2=O)C1=O. The summed E-state index contributed by atoms with van der Waals surface area (Å²) in [7, 11) is 0. The number of anilines is 2. The zero-order valence-electron chi connectivity index (χ0n) is 35.1. The Bertz CT molecular complexity index is 2400. The maximum absolute atomic E-state index is 16.2. The van der Waals surface area contributed by atoms with Crippen molar-refractivity contribution in [2.45, 2.75) is 96.5 Å². The zero-order valence-corrected chi connectivity index (χ0v) is 35.9. The summed E-state index contributed by atoms with van der Waals surface area (Å²) in [6.07, 6.45) is 3.12. The number of amides is 5. The van der Waals surface area contributed by atoms with E-state index in [1.54, 1.807) is 30.3 Å². The molecule has 5 amide bonds. The lowest BCUT2D eigenvalue weighted by molar-refractivity contribution is -0.216. The summed E-state index contributed by atoms with van der Waals surface area (Å²) in [5.41, 5.74) is 4.50. The number of fused-ring (bicyclic) bond motifs is 3. The summed E-state index contributed by atoms with van der Waals surface area (Å²) < 4.78 is 22.6. The first-order valence-electron chi connectivity index (χ1n) is 21.3. The van der Waals surface area contributed by atoms with E-state index < -0.39 is 64.4 Å². The maximum Gasteiger partial charge on any atom is 0.269 e. The van der Waals surface area contributed by atoms with Crippen molar-refractivity contribution in [3.63, 3.8) is 0 Å². The first-order chi connectivity index (χ1) is 29.5. The third-order valence-corrected chi connectivity index (χ3v) is 14.6. The molecule has 1 aliphatic carbocycles. The Morgan fingerprint density at radius 2 is 1.56 bits per heavy atom. The third-order valence-electron chi connectivity index (χ3n) is 14.2. The molecule has 5 aliphatic heterocycles. The number of nitrogens with zero attached hydrogens (tertiary/aromatic N) is 8. The number of primary amides is 1. The first kappa shape index (κ1) is 41.7. The fourth-order valence-electron chi connectivity index (χ4n) is 11.8. The molecule has 9 rings (SSSR count). The van der Waals surface area contributed by atoms with Crippen molar-refractivity contribution in [1.82, 2.24) is 24.9 Å². The number of nitriles is 1. The van der Waals surface area contributed by atoms with Gasteiger partial charge in [-0.3, -0.25) is 38.7 Å². The second kappa shape index (κ2) is 15.3. The van der Waals surface area contributed by atoms with Gasteiger partial charge in [-0.15, -0.1) is 10.2 Å². The smallest absolute Gasteiger partial charge is 0.269 e. The summed E-state index contributed by atoms with van der Waals surface area (Å²) in [6, 6.07) is 11.0. The van der Waals surface area contributed by atoms with Crippen molar-refractivity contribution in [2.24, 2.45) is 22.5 Å². The molecule has 2 N–H and O–H groups in total. The van der Waals surface area contributed by atoms with E-state index in [9.17, 15) is 29.2 Å². The molecule has 5 fully saturated rings. The number of carbonyl (C=O) groups is 5. The second-order valence-corrected chi connectivity index (χ2v) is 19.3. The summed E-state index contributed by atoms with van der Waals surface area (Å²) in [5, 5.41) is 17.7. The van der Waals surface area contributed by atoms with Crippen LogP contribution in [0.4, 0.5) is 15.9 Å². The highest BCUT2D eigenvalue weighted by molar-refractivity contribution is 6.31. The van der Waals surface area contributed by atoms with Gasteiger partial charge in [0.25, 0.3) is 23.6 Å². The van der Waals surface area contributed by atoms with Gasteiger partial charge in [-0.05, 0) is 74.4 Å². The molecule has 324 valence electrons. The van der Waals surface area contributed by atoms with Crippen LogP contribution >= 0.6 is 11.6 Å². The lowest BCUT2D eigenvalue weighted by Gasteiger charge is -2.65.